The number of hydrogen-bond acceptors (Lipinski definition) is 5. The minimum absolute atomic E-state index is 0.224. The van der Waals surface area contributed by atoms with Crippen molar-refractivity contribution in [1.82, 2.24) is 4.90 Å². The Morgan fingerprint density at radius 1 is 1.25 bits per heavy atom. The van der Waals surface area contributed by atoms with Crippen molar-refractivity contribution in [2.24, 2.45) is 0 Å². The summed E-state index contributed by atoms with van der Waals surface area (Å²) in [6.45, 7) is 2.47. The molecule has 2 rings (SSSR count). The number of nitriles is 1. The Morgan fingerprint density at radius 3 is 2.85 bits per heavy atom. The van der Waals surface area contributed by atoms with E-state index in [4.69, 9.17) is 10.00 Å². The molecular formula is C14H18N2O3S. The van der Waals surface area contributed by atoms with Crippen LogP contribution in [0.25, 0.3) is 0 Å². The van der Waals surface area contributed by atoms with Gasteiger partial charge in [0.2, 0.25) is 0 Å². The fourth-order valence-corrected chi connectivity index (χ4v) is 3.49. The van der Waals surface area contributed by atoms with Crippen molar-refractivity contribution in [3.63, 3.8) is 0 Å². The molecular weight excluding hydrogens is 276 g/mol. The van der Waals surface area contributed by atoms with Gasteiger partial charge in [0.05, 0.1) is 17.1 Å². The van der Waals surface area contributed by atoms with Crippen LogP contribution >= 0.6 is 0 Å². The van der Waals surface area contributed by atoms with Crippen LogP contribution in [0, 0.1) is 11.3 Å². The van der Waals surface area contributed by atoms with Gasteiger partial charge in [0.25, 0.3) is 0 Å². The maximum Gasteiger partial charge on any atom is 0.151 e. The highest BCUT2D eigenvalue weighted by molar-refractivity contribution is 7.91. The van der Waals surface area contributed by atoms with E-state index in [9.17, 15) is 8.42 Å². The van der Waals surface area contributed by atoms with Gasteiger partial charge in [0, 0.05) is 13.1 Å². The van der Waals surface area contributed by atoms with Crippen LogP contribution in [-0.2, 0) is 9.84 Å². The van der Waals surface area contributed by atoms with Crippen molar-refractivity contribution in [3.8, 4) is 11.8 Å². The molecule has 1 heterocycles. The number of hydrogen-bond donors (Lipinski definition) is 0. The number of ether oxygens (including phenoxy) is 1. The molecule has 1 aliphatic rings. The van der Waals surface area contributed by atoms with Gasteiger partial charge in [0.15, 0.2) is 9.84 Å². The zero-order valence-corrected chi connectivity index (χ0v) is 12.1. The molecule has 1 aromatic carbocycles. The van der Waals surface area contributed by atoms with E-state index in [2.05, 4.69) is 11.0 Å². The van der Waals surface area contributed by atoms with E-state index in [1.54, 1.807) is 18.2 Å². The van der Waals surface area contributed by atoms with Gasteiger partial charge in [0.1, 0.15) is 18.4 Å². The average Bonchev–Trinajstić information content (AvgIpc) is 2.61. The lowest BCUT2D eigenvalue weighted by Crippen LogP contribution is -2.31. The van der Waals surface area contributed by atoms with Crippen LogP contribution < -0.4 is 4.74 Å². The van der Waals surface area contributed by atoms with E-state index in [1.165, 1.54) is 0 Å². The van der Waals surface area contributed by atoms with Gasteiger partial charge in [-0.1, -0.05) is 12.1 Å². The van der Waals surface area contributed by atoms with Crippen molar-refractivity contribution in [2.75, 3.05) is 37.7 Å². The predicted octanol–water partition coefficient (Wildman–Crippen LogP) is 1.06. The fourth-order valence-electron chi connectivity index (χ4n) is 2.18. The van der Waals surface area contributed by atoms with Crippen LogP contribution in [0.1, 0.15) is 12.0 Å². The molecule has 5 nitrogen and oxygen atoms in total. The van der Waals surface area contributed by atoms with Crippen molar-refractivity contribution >= 4 is 9.84 Å². The number of rotatable bonds is 4. The van der Waals surface area contributed by atoms with Crippen LogP contribution in [0.15, 0.2) is 24.3 Å². The third-order valence-electron chi connectivity index (χ3n) is 3.32. The lowest BCUT2D eigenvalue weighted by atomic mass is 10.2. The van der Waals surface area contributed by atoms with E-state index < -0.39 is 9.84 Å². The second-order valence-corrected chi connectivity index (χ2v) is 7.11. The molecule has 0 spiro atoms. The maximum absolute atomic E-state index is 11.5. The van der Waals surface area contributed by atoms with Crippen molar-refractivity contribution in [2.45, 2.75) is 6.42 Å². The minimum Gasteiger partial charge on any atom is -0.491 e. The highest BCUT2D eigenvalue weighted by Crippen LogP contribution is 2.16. The Hall–Kier alpha value is -1.58. The average molecular weight is 294 g/mol. The molecule has 0 aromatic heterocycles. The summed E-state index contributed by atoms with van der Waals surface area (Å²) in [7, 11) is -2.87. The second kappa shape index (κ2) is 6.73. The normalized spacial score (nSPS) is 18.9. The zero-order valence-electron chi connectivity index (χ0n) is 11.3. The summed E-state index contributed by atoms with van der Waals surface area (Å²) in [6.07, 6.45) is 0.678. The van der Waals surface area contributed by atoms with E-state index >= 15 is 0 Å². The largest absolute Gasteiger partial charge is 0.491 e. The van der Waals surface area contributed by atoms with Gasteiger partial charge in [-0.2, -0.15) is 5.26 Å². The monoisotopic (exact) mass is 294 g/mol. The summed E-state index contributed by atoms with van der Waals surface area (Å²) in [5.41, 5.74) is 0.519. The number of para-hydroxylation sites is 1. The molecule has 108 valence electrons. The molecule has 1 aromatic rings. The Labute approximate surface area is 119 Å². The van der Waals surface area contributed by atoms with Gasteiger partial charge < -0.3 is 4.74 Å². The molecule has 6 heteroatoms. The first-order valence-electron chi connectivity index (χ1n) is 6.65. The third-order valence-corrected chi connectivity index (χ3v) is 5.04. The van der Waals surface area contributed by atoms with Crippen LogP contribution in [0.2, 0.25) is 0 Å². The third kappa shape index (κ3) is 4.22. The summed E-state index contributed by atoms with van der Waals surface area (Å²) in [5.74, 6) is 1.08. The van der Waals surface area contributed by atoms with E-state index in [-0.39, 0.29) is 11.5 Å². The quantitative estimate of drug-likeness (QED) is 0.830. The van der Waals surface area contributed by atoms with Gasteiger partial charge in [-0.15, -0.1) is 0 Å². The maximum atomic E-state index is 11.5. The highest BCUT2D eigenvalue weighted by Gasteiger charge is 2.18. The summed E-state index contributed by atoms with van der Waals surface area (Å²) in [6, 6.07) is 9.20. The summed E-state index contributed by atoms with van der Waals surface area (Å²) >= 11 is 0. The predicted molar refractivity (Wildman–Crippen MR) is 76.4 cm³/mol. The first-order chi connectivity index (χ1) is 9.61. The molecule has 0 amide bonds. The van der Waals surface area contributed by atoms with Crippen LogP contribution in [0.5, 0.6) is 5.75 Å². The van der Waals surface area contributed by atoms with Crippen LogP contribution in [0.3, 0.4) is 0 Å². The fraction of sp³-hybridized carbons (Fsp3) is 0.500. The molecule has 0 radical (unpaired) electrons. The summed E-state index contributed by atoms with van der Waals surface area (Å²) in [5, 5.41) is 8.95. The van der Waals surface area contributed by atoms with Crippen LogP contribution in [-0.4, -0.2) is 51.1 Å². The molecule has 1 fully saturated rings. The minimum atomic E-state index is -2.87. The second-order valence-electron chi connectivity index (χ2n) is 4.80. The van der Waals surface area contributed by atoms with Gasteiger partial charge in [-0.3, -0.25) is 4.90 Å². The lowest BCUT2D eigenvalue weighted by Gasteiger charge is -2.19. The molecule has 0 unspecified atom stereocenters. The smallest absolute Gasteiger partial charge is 0.151 e. The Kier molecular flexibility index (Phi) is 4.99. The lowest BCUT2D eigenvalue weighted by molar-refractivity contribution is 0.219. The van der Waals surface area contributed by atoms with Gasteiger partial charge in [-0.05, 0) is 25.1 Å². The van der Waals surface area contributed by atoms with Crippen molar-refractivity contribution < 1.29 is 13.2 Å². The van der Waals surface area contributed by atoms with Crippen molar-refractivity contribution in [1.29, 1.82) is 5.26 Å². The first-order valence-corrected chi connectivity index (χ1v) is 8.47. The molecule has 0 aliphatic carbocycles. The molecule has 0 saturated carbocycles. The molecule has 1 saturated heterocycles. The first kappa shape index (κ1) is 14.8. The molecule has 0 N–H and O–H groups in total. The summed E-state index contributed by atoms with van der Waals surface area (Å²) < 4.78 is 28.6. The number of sulfone groups is 1. The SMILES string of the molecule is N#Cc1ccccc1OCCN1CCCS(=O)(=O)CC1. The van der Waals surface area contributed by atoms with E-state index in [0.717, 1.165) is 6.54 Å². The zero-order chi connectivity index (χ0) is 14.4. The Morgan fingerprint density at radius 2 is 2.05 bits per heavy atom. The molecule has 20 heavy (non-hydrogen) atoms. The van der Waals surface area contributed by atoms with Gasteiger partial charge in [-0.25, -0.2) is 8.42 Å². The molecule has 1 aliphatic heterocycles. The van der Waals surface area contributed by atoms with E-state index in [1.807, 2.05) is 6.07 Å². The van der Waals surface area contributed by atoms with E-state index in [0.29, 0.717) is 37.4 Å². The van der Waals surface area contributed by atoms with Crippen molar-refractivity contribution in [3.05, 3.63) is 29.8 Å². The molecule has 0 bridgehead atoms. The van der Waals surface area contributed by atoms with Gasteiger partial charge >= 0.3 is 0 Å². The van der Waals surface area contributed by atoms with Crippen LogP contribution in [0.4, 0.5) is 0 Å². The number of nitrogens with zero attached hydrogens (tertiary/aromatic N) is 2. The Bertz CT molecular complexity index is 593. The topological polar surface area (TPSA) is 70.4 Å². The molecule has 0 atom stereocenters. The Balaban J connectivity index is 1.83. The standard InChI is InChI=1S/C14H18N2O3S/c15-12-13-4-1-2-5-14(13)19-9-7-16-6-3-10-20(17,18)11-8-16/h1-2,4-5H,3,6-11H2. The number of benzene rings is 1. The highest BCUT2D eigenvalue weighted by atomic mass is 32.2. The summed E-state index contributed by atoms with van der Waals surface area (Å²) in [4.78, 5) is 2.10.